The Kier molecular flexibility index (Phi) is 4.90. The lowest BCUT2D eigenvalue weighted by Crippen LogP contribution is -2.45. The van der Waals surface area contributed by atoms with Gasteiger partial charge < -0.3 is 4.52 Å². The Morgan fingerprint density at radius 1 is 1.22 bits per heavy atom. The predicted octanol–water partition coefficient (Wildman–Crippen LogP) is 4.09. The molecule has 23 heavy (non-hydrogen) atoms. The van der Waals surface area contributed by atoms with Crippen LogP contribution in [0.4, 0.5) is 0 Å². The third-order valence-electron chi connectivity index (χ3n) is 3.91. The Hall–Kier alpha value is -1.56. The predicted molar refractivity (Wildman–Crippen MR) is 89.6 cm³/mol. The molecule has 1 saturated heterocycles. The van der Waals surface area contributed by atoms with Gasteiger partial charge in [0.1, 0.15) is 17.0 Å². The SMILES string of the molecule is Cc1onc(-c2c(Cl)cccc2Cl)c1C(=O)NN1CCCCC1. The summed E-state index contributed by atoms with van der Waals surface area (Å²) in [4.78, 5) is 12.7. The molecule has 1 N–H and O–H groups in total. The molecule has 0 atom stereocenters. The number of benzene rings is 1. The van der Waals surface area contributed by atoms with Crippen LogP contribution in [-0.2, 0) is 0 Å². The summed E-state index contributed by atoms with van der Waals surface area (Å²) in [5.74, 6) is 0.183. The van der Waals surface area contributed by atoms with Crippen molar-refractivity contribution in [2.24, 2.45) is 0 Å². The van der Waals surface area contributed by atoms with E-state index in [4.69, 9.17) is 27.7 Å². The van der Waals surface area contributed by atoms with Crippen molar-refractivity contribution >= 4 is 29.1 Å². The lowest BCUT2D eigenvalue weighted by Gasteiger charge is -2.26. The van der Waals surface area contributed by atoms with Gasteiger partial charge in [0, 0.05) is 18.7 Å². The summed E-state index contributed by atoms with van der Waals surface area (Å²) in [7, 11) is 0. The number of rotatable bonds is 3. The molecule has 0 unspecified atom stereocenters. The lowest BCUT2D eigenvalue weighted by atomic mass is 10.1. The van der Waals surface area contributed by atoms with Crippen LogP contribution in [-0.4, -0.2) is 29.2 Å². The summed E-state index contributed by atoms with van der Waals surface area (Å²) in [6.07, 6.45) is 3.34. The van der Waals surface area contributed by atoms with Crippen molar-refractivity contribution < 1.29 is 9.32 Å². The molecule has 3 rings (SSSR count). The van der Waals surface area contributed by atoms with Crippen LogP contribution in [0.3, 0.4) is 0 Å². The number of amides is 1. The molecular weight excluding hydrogens is 337 g/mol. The van der Waals surface area contributed by atoms with Crippen LogP contribution in [0.25, 0.3) is 11.3 Å². The zero-order chi connectivity index (χ0) is 16.4. The van der Waals surface area contributed by atoms with Crippen molar-refractivity contribution in [2.45, 2.75) is 26.2 Å². The Labute approximate surface area is 144 Å². The molecule has 0 radical (unpaired) electrons. The minimum atomic E-state index is -0.253. The Morgan fingerprint density at radius 2 is 1.87 bits per heavy atom. The van der Waals surface area contributed by atoms with Gasteiger partial charge in [-0.05, 0) is 31.9 Å². The number of hydrogen-bond acceptors (Lipinski definition) is 4. The summed E-state index contributed by atoms with van der Waals surface area (Å²) in [5.41, 5.74) is 4.16. The second kappa shape index (κ2) is 6.91. The van der Waals surface area contributed by atoms with Crippen molar-refractivity contribution in [3.05, 3.63) is 39.6 Å². The summed E-state index contributed by atoms with van der Waals surface area (Å²) in [6.45, 7) is 3.39. The van der Waals surface area contributed by atoms with E-state index in [1.807, 2.05) is 5.01 Å². The monoisotopic (exact) mass is 353 g/mol. The Bertz CT molecular complexity index is 704. The van der Waals surface area contributed by atoms with E-state index < -0.39 is 0 Å². The number of nitrogens with zero attached hydrogens (tertiary/aromatic N) is 2. The van der Waals surface area contributed by atoms with Crippen molar-refractivity contribution in [3.63, 3.8) is 0 Å². The summed E-state index contributed by atoms with van der Waals surface area (Å²) >= 11 is 12.5. The number of hydrazine groups is 1. The van der Waals surface area contributed by atoms with Gasteiger partial charge in [-0.2, -0.15) is 0 Å². The maximum Gasteiger partial charge on any atom is 0.271 e. The molecule has 5 nitrogen and oxygen atoms in total. The van der Waals surface area contributed by atoms with Gasteiger partial charge in [-0.25, -0.2) is 5.01 Å². The van der Waals surface area contributed by atoms with Crippen LogP contribution in [0.5, 0.6) is 0 Å². The van der Waals surface area contributed by atoms with Crippen LogP contribution in [0.1, 0.15) is 35.4 Å². The number of aromatic nitrogens is 1. The van der Waals surface area contributed by atoms with Crippen molar-refractivity contribution in [2.75, 3.05) is 13.1 Å². The Balaban J connectivity index is 1.94. The smallest absolute Gasteiger partial charge is 0.271 e. The first-order valence-corrected chi connectivity index (χ1v) is 8.30. The fraction of sp³-hybridized carbons (Fsp3) is 0.375. The summed E-state index contributed by atoms with van der Waals surface area (Å²) in [5, 5.41) is 6.78. The van der Waals surface area contributed by atoms with E-state index in [1.54, 1.807) is 25.1 Å². The topological polar surface area (TPSA) is 58.4 Å². The number of piperidine rings is 1. The van der Waals surface area contributed by atoms with E-state index in [2.05, 4.69) is 10.6 Å². The first kappa shape index (κ1) is 16.3. The number of aryl methyl sites for hydroxylation is 1. The summed E-state index contributed by atoms with van der Waals surface area (Å²) < 4.78 is 5.22. The molecule has 0 aliphatic carbocycles. The second-order valence-corrected chi connectivity index (χ2v) is 6.36. The Morgan fingerprint density at radius 3 is 2.52 bits per heavy atom. The first-order chi connectivity index (χ1) is 11.1. The fourth-order valence-corrected chi connectivity index (χ4v) is 3.32. The molecule has 2 aromatic rings. The zero-order valence-electron chi connectivity index (χ0n) is 12.7. The van der Waals surface area contributed by atoms with Crippen molar-refractivity contribution in [1.29, 1.82) is 0 Å². The molecule has 1 aliphatic heterocycles. The van der Waals surface area contributed by atoms with Crippen LogP contribution in [0.2, 0.25) is 10.0 Å². The van der Waals surface area contributed by atoms with Gasteiger partial charge in [-0.3, -0.25) is 10.2 Å². The molecule has 2 heterocycles. The molecule has 1 fully saturated rings. The highest BCUT2D eigenvalue weighted by molar-refractivity contribution is 6.39. The van der Waals surface area contributed by atoms with E-state index in [-0.39, 0.29) is 5.91 Å². The van der Waals surface area contributed by atoms with Crippen molar-refractivity contribution in [3.8, 4) is 11.3 Å². The van der Waals surface area contributed by atoms with Gasteiger partial charge >= 0.3 is 0 Å². The van der Waals surface area contributed by atoms with E-state index >= 15 is 0 Å². The molecule has 1 aromatic carbocycles. The van der Waals surface area contributed by atoms with Gasteiger partial charge in [0.2, 0.25) is 0 Å². The molecule has 1 amide bonds. The van der Waals surface area contributed by atoms with Gasteiger partial charge in [-0.1, -0.05) is 40.8 Å². The van der Waals surface area contributed by atoms with Crippen molar-refractivity contribution in [1.82, 2.24) is 15.6 Å². The molecular formula is C16H17Cl2N3O2. The lowest BCUT2D eigenvalue weighted by molar-refractivity contribution is 0.0749. The number of carbonyl (C=O) groups is 1. The summed E-state index contributed by atoms with van der Waals surface area (Å²) in [6, 6.07) is 5.16. The highest BCUT2D eigenvalue weighted by atomic mass is 35.5. The number of hydrogen-bond donors (Lipinski definition) is 1. The van der Waals surface area contributed by atoms with Crippen LogP contribution in [0.15, 0.2) is 22.7 Å². The van der Waals surface area contributed by atoms with Crippen LogP contribution >= 0.6 is 23.2 Å². The average molecular weight is 354 g/mol. The third-order valence-corrected chi connectivity index (χ3v) is 4.54. The van der Waals surface area contributed by atoms with E-state index in [0.717, 1.165) is 25.9 Å². The van der Waals surface area contributed by atoms with Gasteiger partial charge in [0.15, 0.2) is 0 Å². The number of carbonyl (C=O) groups excluding carboxylic acids is 1. The van der Waals surface area contributed by atoms with E-state index in [9.17, 15) is 4.79 Å². The van der Waals surface area contributed by atoms with Gasteiger partial charge in [-0.15, -0.1) is 0 Å². The molecule has 7 heteroatoms. The average Bonchev–Trinajstić information content (AvgIpc) is 2.90. The van der Waals surface area contributed by atoms with Gasteiger partial charge in [0.05, 0.1) is 10.0 Å². The quantitative estimate of drug-likeness (QED) is 0.902. The number of nitrogens with one attached hydrogen (secondary N) is 1. The highest BCUT2D eigenvalue weighted by Gasteiger charge is 2.26. The minimum Gasteiger partial charge on any atom is -0.360 e. The maximum atomic E-state index is 12.7. The normalized spacial score (nSPS) is 15.6. The first-order valence-electron chi connectivity index (χ1n) is 7.54. The molecule has 1 aromatic heterocycles. The zero-order valence-corrected chi connectivity index (χ0v) is 14.2. The molecule has 1 aliphatic rings. The molecule has 122 valence electrons. The van der Waals surface area contributed by atoms with Crippen LogP contribution in [0, 0.1) is 6.92 Å². The largest absolute Gasteiger partial charge is 0.360 e. The highest BCUT2D eigenvalue weighted by Crippen LogP contribution is 2.36. The molecule has 0 spiro atoms. The van der Waals surface area contributed by atoms with E-state index in [1.165, 1.54) is 6.42 Å². The maximum absolute atomic E-state index is 12.7. The van der Waals surface area contributed by atoms with E-state index in [0.29, 0.717) is 32.6 Å². The number of halogens is 2. The molecule has 0 saturated carbocycles. The minimum absolute atomic E-state index is 0.253. The second-order valence-electron chi connectivity index (χ2n) is 5.55. The standard InChI is InChI=1S/C16H17Cl2N3O2/c1-10-13(16(22)19-21-8-3-2-4-9-21)15(20-23-10)14-11(17)6-5-7-12(14)18/h5-7H,2-4,8-9H2,1H3,(H,19,22). The molecule has 0 bridgehead atoms. The van der Waals surface area contributed by atoms with Crippen LogP contribution < -0.4 is 5.43 Å². The van der Waals surface area contributed by atoms with Gasteiger partial charge in [0.25, 0.3) is 5.91 Å². The fourth-order valence-electron chi connectivity index (χ4n) is 2.74. The third kappa shape index (κ3) is 3.37.